The first-order valence-corrected chi connectivity index (χ1v) is 6.35. The minimum absolute atomic E-state index is 0.361. The lowest BCUT2D eigenvalue weighted by molar-refractivity contribution is 0.0601. The fourth-order valence-electron chi connectivity index (χ4n) is 1.93. The summed E-state index contributed by atoms with van der Waals surface area (Å²) in [7, 11) is 1.34. The standard InChI is InChI=1S/C16H12N2O3/c1-20-16(19)13-9-5-8-12(10-13)15-18-17-14(21-15)11-6-3-2-4-7-11/h2-10H,1H3. The van der Waals surface area contributed by atoms with Gasteiger partial charge in [-0.2, -0.15) is 0 Å². The molecule has 5 nitrogen and oxygen atoms in total. The van der Waals surface area contributed by atoms with Gasteiger partial charge in [-0.05, 0) is 30.3 Å². The molecule has 21 heavy (non-hydrogen) atoms. The molecular weight excluding hydrogens is 268 g/mol. The van der Waals surface area contributed by atoms with E-state index < -0.39 is 5.97 Å². The second kappa shape index (κ2) is 5.58. The van der Waals surface area contributed by atoms with Crippen molar-refractivity contribution in [2.45, 2.75) is 0 Å². The highest BCUT2D eigenvalue weighted by Crippen LogP contribution is 2.24. The predicted octanol–water partition coefficient (Wildman–Crippen LogP) is 3.19. The number of esters is 1. The van der Waals surface area contributed by atoms with E-state index in [0.717, 1.165) is 5.56 Å². The molecule has 0 saturated heterocycles. The maximum Gasteiger partial charge on any atom is 0.337 e. The third kappa shape index (κ3) is 2.67. The molecule has 0 bridgehead atoms. The van der Waals surface area contributed by atoms with E-state index in [2.05, 4.69) is 10.2 Å². The molecule has 0 atom stereocenters. The van der Waals surface area contributed by atoms with Gasteiger partial charge in [0.25, 0.3) is 0 Å². The molecule has 0 spiro atoms. The summed E-state index contributed by atoms with van der Waals surface area (Å²) in [5, 5.41) is 8.04. The van der Waals surface area contributed by atoms with Crippen molar-refractivity contribution < 1.29 is 13.9 Å². The Morgan fingerprint density at radius 3 is 2.33 bits per heavy atom. The van der Waals surface area contributed by atoms with Crippen molar-refractivity contribution in [3.05, 3.63) is 60.2 Å². The van der Waals surface area contributed by atoms with Crippen LogP contribution in [-0.4, -0.2) is 23.3 Å². The maximum atomic E-state index is 11.5. The summed E-state index contributed by atoms with van der Waals surface area (Å²) < 4.78 is 10.3. The van der Waals surface area contributed by atoms with E-state index in [4.69, 9.17) is 9.15 Å². The van der Waals surface area contributed by atoms with Gasteiger partial charge in [-0.15, -0.1) is 10.2 Å². The third-order valence-corrected chi connectivity index (χ3v) is 2.98. The zero-order valence-electron chi connectivity index (χ0n) is 11.3. The molecule has 104 valence electrons. The van der Waals surface area contributed by atoms with Gasteiger partial charge in [0, 0.05) is 11.1 Å². The van der Waals surface area contributed by atoms with Crippen molar-refractivity contribution in [3.63, 3.8) is 0 Å². The first-order chi connectivity index (χ1) is 10.3. The summed E-state index contributed by atoms with van der Waals surface area (Å²) in [5.41, 5.74) is 1.96. The Morgan fingerprint density at radius 2 is 1.62 bits per heavy atom. The highest BCUT2D eigenvalue weighted by atomic mass is 16.5. The van der Waals surface area contributed by atoms with E-state index >= 15 is 0 Å². The smallest absolute Gasteiger partial charge is 0.337 e. The van der Waals surface area contributed by atoms with Gasteiger partial charge in [-0.3, -0.25) is 0 Å². The zero-order chi connectivity index (χ0) is 14.7. The lowest BCUT2D eigenvalue weighted by atomic mass is 10.1. The van der Waals surface area contributed by atoms with Gasteiger partial charge >= 0.3 is 5.97 Å². The van der Waals surface area contributed by atoms with E-state index in [-0.39, 0.29) is 0 Å². The number of carbonyl (C=O) groups excluding carboxylic acids is 1. The summed E-state index contributed by atoms with van der Waals surface area (Å²) in [5.74, 6) is 0.397. The quantitative estimate of drug-likeness (QED) is 0.689. The van der Waals surface area contributed by atoms with E-state index in [9.17, 15) is 4.79 Å². The second-order valence-electron chi connectivity index (χ2n) is 4.35. The molecule has 0 aliphatic rings. The summed E-state index contributed by atoms with van der Waals surface area (Å²) in [6, 6.07) is 16.4. The lowest BCUT2D eigenvalue weighted by Crippen LogP contribution is -2.00. The van der Waals surface area contributed by atoms with E-state index in [1.165, 1.54) is 7.11 Å². The molecule has 3 aromatic rings. The van der Waals surface area contributed by atoms with Crippen LogP contribution < -0.4 is 0 Å². The molecule has 0 amide bonds. The van der Waals surface area contributed by atoms with Crippen molar-refractivity contribution in [2.24, 2.45) is 0 Å². The van der Waals surface area contributed by atoms with Crippen LogP contribution in [0.3, 0.4) is 0 Å². The highest BCUT2D eigenvalue weighted by Gasteiger charge is 2.12. The molecule has 0 N–H and O–H groups in total. The molecular formula is C16H12N2O3. The van der Waals surface area contributed by atoms with Gasteiger partial charge < -0.3 is 9.15 Å². The van der Waals surface area contributed by atoms with Crippen molar-refractivity contribution in [1.82, 2.24) is 10.2 Å². The summed E-state index contributed by atoms with van der Waals surface area (Å²) in [6.07, 6.45) is 0. The third-order valence-electron chi connectivity index (χ3n) is 2.98. The van der Waals surface area contributed by atoms with Gasteiger partial charge in [0.2, 0.25) is 11.8 Å². The predicted molar refractivity (Wildman–Crippen MR) is 76.5 cm³/mol. The average Bonchev–Trinajstić information content (AvgIpc) is 3.05. The monoisotopic (exact) mass is 280 g/mol. The number of hydrogen-bond acceptors (Lipinski definition) is 5. The molecule has 0 fully saturated rings. The van der Waals surface area contributed by atoms with Crippen LogP contribution >= 0.6 is 0 Å². The number of nitrogens with zero attached hydrogens (tertiary/aromatic N) is 2. The second-order valence-corrected chi connectivity index (χ2v) is 4.35. The molecule has 5 heteroatoms. The molecule has 1 aromatic heterocycles. The van der Waals surface area contributed by atoms with Crippen LogP contribution in [0.25, 0.3) is 22.9 Å². The van der Waals surface area contributed by atoms with E-state index in [1.54, 1.807) is 24.3 Å². The van der Waals surface area contributed by atoms with Crippen molar-refractivity contribution in [2.75, 3.05) is 7.11 Å². The van der Waals surface area contributed by atoms with E-state index in [0.29, 0.717) is 22.9 Å². The van der Waals surface area contributed by atoms with Gasteiger partial charge in [-0.1, -0.05) is 24.3 Å². The maximum absolute atomic E-state index is 11.5. The van der Waals surface area contributed by atoms with Crippen LogP contribution in [0.4, 0.5) is 0 Å². The summed E-state index contributed by atoms with van der Waals surface area (Å²) >= 11 is 0. The van der Waals surface area contributed by atoms with Crippen LogP contribution in [0.15, 0.2) is 59.0 Å². The van der Waals surface area contributed by atoms with Gasteiger partial charge in [-0.25, -0.2) is 4.79 Å². The van der Waals surface area contributed by atoms with Crippen LogP contribution in [-0.2, 0) is 4.74 Å². The van der Waals surface area contributed by atoms with Gasteiger partial charge in [0.05, 0.1) is 12.7 Å². The number of carbonyl (C=O) groups is 1. The Hall–Kier alpha value is -2.95. The van der Waals surface area contributed by atoms with Crippen molar-refractivity contribution in [3.8, 4) is 22.9 Å². The molecule has 3 rings (SSSR count). The molecule has 0 unspecified atom stereocenters. The Labute approximate surface area is 121 Å². The van der Waals surface area contributed by atoms with Crippen LogP contribution in [0.1, 0.15) is 10.4 Å². The molecule has 0 saturated carbocycles. The SMILES string of the molecule is COC(=O)c1cccc(-c2nnc(-c3ccccc3)o2)c1. The lowest BCUT2D eigenvalue weighted by Gasteiger charge is -2.00. The topological polar surface area (TPSA) is 65.2 Å². The number of benzene rings is 2. The normalized spacial score (nSPS) is 10.3. The molecule has 0 radical (unpaired) electrons. The average molecular weight is 280 g/mol. The fraction of sp³-hybridized carbons (Fsp3) is 0.0625. The van der Waals surface area contributed by atoms with Crippen LogP contribution in [0.5, 0.6) is 0 Å². The highest BCUT2D eigenvalue weighted by molar-refractivity contribution is 5.90. The Kier molecular flexibility index (Phi) is 3.47. The largest absolute Gasteiger partial charge is 0.465 e. The summed E-state index contributed by atoms with van der Waals surface area (Å²) in [6.45, 7) is 0. The Bertz CT molecular complexity index is 766. The van der Waals surface area contributed by atoms with Crippen molar-refractivity contribution >= 4 is 5.97 Å². The molecule has 0 aliphatic carbocycles. The van der Waals surface area contributed by atoms with Crippen molar-refractivity contribution in [1.29, 1.82) is 0 Å². The zero-order valence-corrected chi connectivity index (χ0v) is 11.3. The number of methoxy groups -OCH3 is 1. The Morgan fingerprint density at radius 1 is 0.952 bits per heavy atom. The first-order valence-electron chi connectivity index (χ1n) is 6.35. The molecule has 0 aliphatic heterocycles. The number of aromatic nitrogens is 2. The Balaban J connectivity index is 1.95. The first kappa shape index (κ1) is 13.1. The number of rotatable bonds is 3. The number of ether oxygens (including phenoxy) is 1. The minimum Gasteiger partial charge on any atom is -0.465 e. The van der Waals surface area contributed by atoms with Gasteiger partial charge in [0.15, 0.2) is 0 Å². The van der Waals surface area contributed by atoms with Crippen LogP contribution in [0, 0.1) is 0 Å². The number of hydrogen-bond donors (Lipinski definition) is 0. The van der Waals surface area contributed by atoms with E-state index in [1.807, 2.05) is 30.3 Å². The molecule has 1 heterocycles. The minimum atomic E-state index is -0.403. The van der Waals surface area contributed by atoms with Crippen LogP contribution in [0.2, 0.25) is 0 Å². The molecule has 2 aromatic carbocycles. The van der Waals surface area contributed by atoms with Gasteiger partial charge in [0.1, 0.15) is 0 Å². The summed E-state index contributed by atoms with van der Waals surface area (Å²) in [4.78, 5) is 11.5. The fourth-order valence-corrected chi connectivity index (χ4v) is 1.93.